The van der Waals surface area contributed by atoms with Gasteiger partial charge in [-0.1, -0.05) is 24.3 Å². The number of anilines is 1. The average molecular weight is 398 g/mol. The number of fused-ring (bicyclic) bond motifs is 1. The van der Waals surface area contributed by atoms with Crippen molar-refractivity contribution >= 4 is 44.9 Å². The second-order valence-corrected chi connectivity index (χ2v) is 8.81. The second-order valence-electron chi connectivity index (χ2n) is 6.71. The molecule has 2 heterocycles. The number of nitrogens with zero attached hydrogens (tertiary/aromatic N) is 2. The van der Waals surface area contributed by atoms with Gasteiger partial charge in [0.15, 0.2) is 0 Å². The van der Waals surface area contributed by atoms with Gasteiger partial charge < -0.3 is 10.2 Å². The van der Waals surface area contributed by atoms with Crippen LogP contribution in [-0.2, 0) is 17.1 Å². The van der Waals surface area contributed by atoms with Crippen LogP contribution in [0.2, 0.25) is 0 Å². The van der Waals surface area contributed by atoms with Crippen LogP contribution >= 0.6 is 23.1 Å². The summed E-state index contributed by atoms with van der Waals surface area (Å²) in [5.74, 6) is 1.31. The Morgan fingerprint density at radius 3 is 2.67 bits per heavy atom. The Hall–Kier alpha value is -2.05. The summed E-state index contributed by atoms with van der Waals surface area (Å²) in [6.07, 6.45) is 2.57. The number of benzene rings is 2. The van der Waals surface area contributed by atoms with Crippen LogP contribution in [-0.4, -0.2) is 29.7 Å². The van der Waals surface area contributed by atoms with Crippen LogP contribution < -0.4 is 10.2 Å². The number of amides is 1. The molecule has 27 heavy (non-hydrogen) atoms. The van der Waals surface area contributed by atoms with E-state index in [2.05, 4.69) is 45.5 Å². The number of para-hydroxylation sites is 1. The van der Waals surface area contributed by atoms with Crippen molar-refractivity contribution in [3.63, 3.8) is 0 Å². The molecule has 0 saturated carbocycles. The van der Waals surface area contributed by atoms with Crippen molar-refractivity contribution in [2.45, 2.75) is 25.1 Å². The third kappa shape index (κ3) is 4.82. The number of thioether (sulfide) groups is 1. The number of carbonyl (C=O) groups is 1. The molecule has 0 radical (unpaired) electrons. The highest BCUT2D eigenvalue weighted by atomic mass is 32.2. The van der Waals surface area contributed by atoms with E-state index in [0.29, 0.717) is 12.3 Å². The first-order chi connectivity index (χ1) is 13.3. The van der Waals surface area contributed by atoms with E-state index in [4.69, 9.17) is 0 Å². The lowest BCUT2D eigenvalue weighted by Crippen LogP contribution is -2.24. The third-order valence-electron chi connectivity index (χ3n) is 4.69. The fraction of sp³-hybridized carbons (Fsp3) is 0.333. The van der Waals surface area contributed by atoms with Crippen molar-refractivity contribution in [1.82, 2.24) is 10.3 Å². The highest BCUT2D eigenvalue weighted by Crippen LogP contribution is 2.24. The maximum atomic E-state index is 12.1. The maximum Gasteiger partial charge on any atom is 0.230 e. The minimum atomic E-state index is 0.0738. The second kappa shape index (κ2) is 8.76. The molecule has 0 spiro atoms. The number of aromatic nitrogens is 1. The molecule has 1 fully saturated rings. The van der Waals surface area contributed by atoms with Crippen LogP contribution in [0, 0.1) is 0 Å². The monoisotopic (exact) mass is 397 g/mol. The lowest BCUT2D eigenvalue weighted by Gasteiger charge is -2.17. The summed E-state index contributed by atoms with van der Waals surface area (Å²) < 4.78 is 1.20. The molecule has 1 amide bonds. The summed E-state index contributed by atoms with van der Waals surface area (Å²) in [6, 6.07) is 16.7. The van der Waals surface area contributed by atoms with Crippen molar-refractivity contribution in [3.05, 3.63) is 59.1 Å². The van der Waals surface area contributed by atoms with Gasteiger partial charge in [-0.25, -0.2) is 4.98 Å². The van der Waals surface area contributed by atoms with E-state index in [9.17, 15) is 4.79 Å². The summed E-state index contributed by atoms with van der Waals surface area (Å²) in [7, 11) is 0. The zero-order valence-corrected chi connectivity index (χ0v) is 16.8. The van der Waals surface area contributed by atoms with Gasteiger partial charge in [0.2, 0.25) is 5.91 Å². The molecule has 0 aliphatic carbocycles. The van der Waals surface area contributed by atoms with Crippen LogP contribution in [0.25, 0.3) is 10.2 Å². The molecule has 1 aliphatic rings. The predicted molar refractivity (Wildman–Crippen MR) is 116 cm³/mol. The molecule has 1 N–H and O–H groups in total. The van der Waals surface area contributed by atoms with E-state index in [1.165, 1.54) is 23.2 Å². The van der Waals surface area contributed by atoms with E-state index in [1.807, 2.05) is 18.2 Å². The van der Waals surface area contributed by atoms with E-state index >= 15 is 0 Å². The Balaban J connectivity index is 1.20. The predicted octanol–water partition coefficient (Wildman–Crippen LogP) is 4.45. The van der Waals surface area contributed by atoms with Crippen LogP contribution in [0.3, 0.4) is 0 Å². The lowest BCUT2D eigenvalue weighted by molar-refractivity contribution is -0.118. The van der Waals surface area contributed by atoms with Crippen molar-refractivity contribution < 1.29 is 4.79 Å². The van der Waals surface area contributed by atoms with E-state index in [1.54, 1.807) is 23.1 Å². The molecule has 4 rings (SSSR count). The zero-order valence-electron chi connectivity index (χ0n) is 15.2. The van der Waals surface area contributed by atoms with Gasteiger partial charge >= 0.3 is 0 Å². The zero-order chi connectivity index (χ0) is 18.5. The van der Waals surface area contributed by atoms with Gasteiger partial charge in [-0.2, -0.15) is 0 Å². The van der Waals surface area contributed by atoms with Crippen LogP contribution in [0.15, 0.2) is 48.5 Å². The quantitative estimate of drug-likeness (QED) is 0.640. The van der Waals surface area contributed by atoms with Gasteiger partial charge in [-0.15, -0.1) is 23.1 Å². The lowest BCUT2D eigenvalue weighted by atomic mass is 10.2. The SMILES string of the molecule is O=C(CSCc1nc2ccccc2s1)NCc1ccc(N2CCCC2)cc1. The summed E-state index contributed by atoms with van der Waals surface area (Å²) in [5.41, 5.74) is 3.47. The molecule has 0 unspecified atom stereocenters. The third-order valence-corrected chi connectivity index (χ3v) is 6.86. The van der Waals surface area contributed by atoms with Crippen molar-refractivity contribution in [3.8, 4) is 0 Å². The molecule has 6 heteroatoms. The Kier molecular flexibility index (Phi) is 5.94. The first-order valence-electron chi connectivity index (χ1n) is 9.31. The maximum absolute atomic E-state index is 12.1. The molecule has 1 saturated heterocycles. The average Bonchev–Trinajstić information content (AvgIpc) is 3.36. The first-order valence-corrected chi connectivity index (χ1v) is 11.3. The summed E-state index contributed by atoms with van der Waals surface area (Å²) in [6.45, 7) is 2.89. The van der Waals surface area contributed by atoms with E-state index in [-0.39, 0.29) is 5.91 Å². The van der Waals surface area contributed by atoms with Crippen molar-refractivity contribution in [2.75, 3.05) is 23.7 Å². The molecule has 0 bridgehead atoms. The van der Waals surface area contributed by atoms with Crippen LogP contribution in [0.1, 0.15) is 23.4 Å². The first kappa shape index (κ1) is 18.3. The fourth-order valence-corrected chi connectivity index (χ4v) is 5.14. The molecule has 140 valence electrons. The smallest absolute Gasteiger partial charge is 0.230 e. The molecule has 4 nitrogen and oxygen atoms in total. The number of nitrogens with one attached hydrogen (secondary N) is 1. The Morgan fingerprint density at radius 2 is 1.89 bits per heavy atom. The van der Waals surface area contributed by atoms with Gasteiger partial charge in [-0.05, 0) is 42.7 Å². The van der Waals surface area contributed by atoms with Crippen LogP contribution in [0.5, 0.6) is 0 Å². The molecule has 2 aromatic carbocycles. The Bertz CT molecular complexity index is 868. The molecule has 3 aromatic rings. The summed E-state index contributed by atoms with van der Waals surface area (Å²) in [4.78, 5) is 19.1. The Labute approximate surface area is 168 Å². The van der Waals surface area contributed by atoms with Crippen molar-refractivity contribution in [2.24, 2.45) is 0 Å². The highest BCUT2D eigenvalue weighted by Gasteiger charge is 2.12. The normalized spacial score (nSPS) is 14.0. The van der Waals surface area contributed by atoms with Gasteiger partial charge in [0, 0.05) is 31.1 Å². The number of thiazole rings is 1. The van der Waals surface area contributed by atoms with E-state index in [0.717, 1.165) is 34.9 Å². The summed E-state index contributed by atoms with van der Waals surface area (Å²) >= 11 is 3.32. The standard InChI is InChI=1S/C21H23N3OS2/c25-20(14-26-15-21-23-18-5-1-2-6-19(18)27-21)22-13-16-7-9-17(10-8-16)24-11-3-4-12-24/h1-2,5-10H,3-4,11-15H2,(H,22,25). The molecule has 0 atom stereocenters. The van der Waals surface area contributed by atoms with Gasteiger partial charge in [0.05, 0.1) is 16.0 Å². The van der Waals surface area contributed by atoms with Gasteiger partial charge in [-0.3, -0.25) is 4.79 Å². The number of hydrogen-bond donors (Lipinski definition) is 1. The highest BCUT2D eigenvalue weighted by molar-refractivity contribution is 7.99. The number of carbonyl (C=O) groups excluding carboxylic acids is 1. The van der Waals surface area contributed by atoms with Crippen LogP contribution in [0.4, 0.5) is 5.69 Å². The van der Waals surface area contributed by atoms with Crippen molar-refractivity contribution in [1.29, 1.82) is 0 Å². The van der Waals surface area contributed by atoms with E-state index < -0.39 is 0 Å². The molecular weight excluding hydrogens is 374 g/mol. The van der Waals surface area contributed by atoms with Gasteiger partial charge in [0.1, 0.15) is 5.01 Å². The molecular formula is C21H23N3OS2. The largest absolute Gasteiger partial charge is 0.372 e. The topological polar surface area (TPSA) is 45.2 Å². The van der Waals surface area contributed by atoms with Gasteiger partial charge in [0.25, 0.3) is 0 Å². The number of hydrogen-bond acceptors (Lipinski definition) is 5. The Morgan fingerprint density at radius 1 is 1.11 bits per heavy atom. The summed E-state index contributed by atoms with van der Waals surface area (Å²) in [5, 5.41) is 4.09. The molecule has 1 aromatic heterocycles. The minimum absolute atomic E-state index is 0.0738. The minimum Gasteiger partial charge on any atom is -0.372 e. The fourth-order valence-electron chi connectivity index (χ4n) is 3.26. The number of rotatable bonds is 7. The molecule has 1 aliphatic heterocycles.